The number of hydrogen-bond acceptors (Lipinski definition) is 1. The molecule has 0 unspecified atom stereocenters. The molecule has 1 nitrogen and oxygen atoms in total. The molecule has 0 aliphatic heterocycles. The highest BCUT2D eigenvalue weighted by molar-refractivity contribution is 6.31. The van der Waals surface area contributed by atoms with Crippen LogP contribution in [0.15, 0.2) is 91.0 Å². The summed E-state index contributed by atoms with van der Waals surface area (Å²) in [6, 6.07) is 31.0. The summed E-state index contributed by atoms with van der Waals surface area (Å²) >= 11 is 6.30. The van der Waals surface area contributed by atoms with E-state index in [0.29, 0.717) is 11.6 Å². The molecule has 0 fully saturated rings. The maximum atomic E-state index is 6.30. The van der Waals surface area contributed by atoms with Gasteiger partial charge in [0.1, 0.15) is 5.75 Å². The van der Waals surface area contributed by atoms with Gasteiger partial charge >= 0.3 is 0 Å². The van der Waals surface area contributed by atoms with Gasteiger partial charge in [-0.05, 0) is 40.3 Å². The van der Waals surface area contributed by atoms with E-state index in [9.17, 15) is 0 Å². The third-order valence-corrected chi connectivity index (χ3v) is 4.70. The molecule has 128 valence electrons. The molecule has 0 bridgehead atoms. The maximum Gasteiger partial charge on any atom is 0.128 e. The lowest BCUT2D eigenvalue weighted by Gasteiger charge is -2.12. The Morgan fingerprint density at radius 1 is 0.692 bits per heavy atom. The van der Waals surface area contributed by atoms with E-state index in [1.54, 1.807) is 0 Å². The zero-order valence-corrected chi connectivity index (χ0v) is 15.1. The highest BCUT2D eigenvalue weighted by Crippen LogP contribution is 2.33. The normalized spacial score (nSPS) is 10.8. The topological polar surface area (TPSA) is 9.23 Å². The van der Waals surface area contributed by atoms with E-state index >= 15 is 0 Å². The third kappa shape index (κ3) is 3.74. The van der Waals surface area contributed by atoms with Gasteiger partial charge in [-0.3, -0.25) is 0 Å². The molecule has 4 aromatic rings. The molecule has 0 heterocycles. The van der Waals surface area contributed by atoms with Crippen molar-refractivity contribution in [2.75, 3.05) is 6.61 Å². The van der Waals surface area contributed by atoms with Crippen LogP contribution in [0.25, 0.3) is 21.9 Å². The molecule has 0 aliphatic rings. The molecule has 0 saturated heterocycles. The van der Waals surface area contributed by atoms with E-state index in [1.807, 2.05) is 24.3 Å². The Bertz CT molecular complexity index is 1010. The second-order valence-corrected chi connectivity index (χ2v) is 6.73. The largest absolute Gasteiger partial charge is 0.493 e. The van der Waals surface area contributed by atoms with Crippen molar-refractivity contribution in [3.63, 3.8) is 0 Å². The van der Waals surface area contributed by atoms with Crippen LogP contribution in [0.2, 0.25) is 5.02 Å². The standard InChI is InChI=1S/C24H19ClO/c25-22-15-21-12-11-20(19-9-5-2-6-10-19)16-23(21)24(17-22)26-14-13-18-7-3-1-4-8-18/h1-12,15-17H,13-14H2. The first-order valence-electron chi connectivity index (χ1n) is 8.75. The van der Waals surface area contributed by atoms with Crippen LogP contribution in [-0.4, -0.2) is 6.61 Å². The van der Waals surface area contributed by atoms with Crippen LogP contribution in [0, 0.1) is 0 Å². The van der Waals surface area contributed by atoms with Gasteiger partial charge in [0.25, 0.3) is 0 Å². The molecule has 26 heavy (non-hydrogen) atoms. The van der Waals surface area contributed by atoms with E-state index in [2.05, 4.69) is 66.7 Å². The van der Waals surface area contributed by atoms with Crippen molar-refractivity contribution in [2.24, 2.45) is 0 Å². The van der Waals surface area contributed by atoms with E-state index in [-0.39, 0.29) is 0 Å². The Morgan fingerprint density at radius 2 is 1.42 bits per heavy atom. The molecular formula is C24H19ClO. The van der Waals surface area contributed by atoms with Crippen LogP contribution in [0.3, 0.4) is 0 Å². The SMILES string of the molecule is Clc1cc(OCCc2ccccc2)c2cc(-c3ccccc3)ccc2c1. The van der Waals surface area contributed by atoms with Crippen LogP contribution in [0.4, 0.5) is 0 Å². The second kappa shape index (κ2) is 7.63. The molecule has 0 N–H and O–H groups in total. The van der Waals surface area contributed by atoms with Crippen molar-refractivity contribution >= 4 is 22.4 Å². The molecule has 0 radical (unpaired) electrons. The molecule has 0 saturated carbocycles. The molecule has 0 atom stereocenters. The number of rotatable bonds is 5. The van der Waals surface area contributed by atoms with E-state index in [1.165, 1.54) is 16.7 Å². The number of hydrogen-bond donors (Lipinski definition) is 0. The number of ether oxygens (including phenoxy) is 1. The summed E-state index contributed by atoms with van der Waals surface area (Å²) in [5.41, 5.74) is 3.64. The average Bonchev–Trinajstić information content (AvgIpc) is 2.69. The lowest BCUT2D eigenvalue weighted by atomic mass is 10.0. The minimum Gasteiger partial charge on any atom is -0.493 e. The fourth-order valence-electron chi connectivity index (χ4n) is 3.14. The van der Waals surface area contributed by atoms with Crippen LogP contribution in [0.1, 0.15) is 5.56 Å². The summed E-state index contributed by atoms with van der Waals surface area (Å²) < 4.78 is 6.11. The molecule has 4 aromatic carbocycles. The summed E-state index contributed by atoms with van der Waals surface area (Å²) in [4.78, 5) is 0. The zero-order chi connectivity index (χ0) is 17.8. The van der Waals surface area contributed by atoms with Gasteiger partial charge in [0.15, 0.2) is 0 Å². The fraction of sp³-hybridized carbons (Fsp3) is 0.0833. The number of fused-ring (bicyclic) bond motifs is 1. The molecule has 4 rings (SSSR count). The van der Waals surface area contributed by atoms with Crippen molar-refractivity contribution in [3.05, 3.63) is 102 Å². The van der Waals surface area contributed by atoms with Crippen LogP contribution >= 0.6 is 11.6 Å². The van der Waals surface area contributed by atoms with E-state index < -0.39 is 0 Å². The minimum atomic E-state index is 0.620. The molecule has 0 amide bonds. The van der Waals surface area contributed by atoms with Gasteiger partial charge in [-0.2, -0.15) is 0 Å². The summed E-state index contributed by atoms with van der Waals surface area (Å²) in [6.45, 7) is 0.620. The van der Waals surface area contributed by atoms with Crippen molar-refractivity contribution in [2.45, 2.75) is 6.42 Å². The monoisotopic (exact) mass is 358 g/mol. The smallest absolute Gasteiger partial charge is 0.128 e. The van der Waals surface area contributed by atoms with Crippen LogP contribution in [-0.2, 0) is 6.42 Å². The van der Waals surface area contributed by atoms with Crippen LogP contribution in [0.5, 0.6) is 5.75 Å². The van der Waals surface area contributed by atoms with Crippen molar-refractivity contribution in [3.8, 4) is 16.9 Å². The quantitative estimate of drug-likeness (QED) is 0.382. The molecule has 0 aliphatic carbocycles. The summed E-state index contributed by atoms with van der Waals surface area (Å²) in [6.07, 6.45) is 0.868. The first-order chi connectivity index (χ1) is 12.8. The Morgan fingerprint density at radius 3 is 2.19 bits per heavy atom. The predicted octanol–water partition coefficient (Wildman–Crippen LogP) is 6.78. The van der Waals surface area contributed by atoms with Gasteiger partial charge < -0.3 is 4.74 Å². The Balaban J connectivity index is 1.64. The minimum absolute atomic E-state index is 0.620. The van der Waals surface area contributed by atoms with Crippen molar-refractivity contribution in [1.82, 2.24) is 0 Å². The van der Waals surface area contributed by atoms with E-state index in [0.717, 1.165) is 22.9 Å². The first-order valence-corrected chi connectivity index (χ1v) is 9.13. The van der Waals surface area contributed by atoms with Gasteiger partial charge in [0.2, 0.25) is 0 Å². The Kier molecular flexibility index (Phi) is 4.90. The van der Waals surface area contributed by atoms with Gasteiger partial charge in [0, 0.05) is 16.8 Å². The molecule has 2 heteroatoms. The fourth-order valence-corrected chi connectivity index (χ4v) is 3.36. The van der Waals surface area contributed by atoms with Crippen molar-refractivity contribution in [1.29, 1.82) is 0 Å². The second-order valence-electron chi connectivity index (χ2n) is 6.29. The summed E-state index contributed by atoms with van der Waals surface area (Å²) in [5.74, 6) is 0.834. The predicted molar refractivity (Wildman–Crippen MR) is 110 cm³/mol. The van der Waals surface area contributed by atoms with Gasteiger partial charge in [0.05, 0.1) is 6.61 Å². The molecule has 0 spiro atoms. The molecule has 0 aromatic heterocycles. The zero-order valence-electron chi connectivity index (χ0n) is 14.4. The third-order valence-electron chi connectivity index (χ3n) is 4.48. The van der Waals surface area contributed by atoms with Crippen molar-refractivity contribution < 1.29 is 4.74 Å². The summed E-state index contributed by atoms with van der Waals surface area (Å²) in [7, 11) is 0. The first kappa shape index (κ1) is 16.7. The number of halogens is 1. The number of benzene rings is 4. The highest BCUT2D eigenvalue weighted by Gasteiger charge is 2.07. The van der Waals surface area contributed by atoms with Gasteiger partial charge in [-0.1, -0.05) is 84.4 Å². The Hall–Kier alpha value is -2.77. The van der Waals surface area contributed by atoms with Crippen LogP contribution < -0.4 is 4.74 Å². The Labute approximate surface area is 158 Å². The lowest BCUT2D eigenvalue weighted by Crippen LogP contribution is -2.01. The highest BCUT2D eigenvalue weighted by atomic mass is 35.5. The molecular weight excluding hydrogens is 340 g/mol. The average molecular weight is 359 g/mol. The van der Waals surface area contributed by atoms with E-state index in [4.69, 9.17) is 16.3 Å². The van der Waals surface area contributed by atoms with Gasteiger partial charge in [-0.25, -0.2) is 0 Å². The maximum absolute atomic E-state index is 6.30. The lowest BCUT2D eigenvalue weighted by molar-refractivity contribution is 0.326. The van der Waals surface area contributed by atoms with Gasteiger partial charge in [-0.15, -0.1) is 0 Å². The summed E-state index contributed by atoms with van der Waals surface area (Å²) in [5, 5.41) is 2.87.